The molecule has 0 radical (unpaired) electrons. The van der Waals surface area contributed by atoms with Gasteiger partial charge in [0.2, 0.25) is 5.89 Å². The number of nitrogens with zero attached hydrogens (tertiary/aromatic N) is 1. The highest BCUT2D eigenvalue weighted by Gasteiger charge is 2.19. The van der Waals surface area contributed by atoms with Gasteiger partial charge in [0.25, 0.3) is 0 Å². The Labute approximate surface area is 148 Å². The number of hydrogen-bond acceptors (Lipinski definition) is 5. The van der Waals surface area contributed by atoms with Crippen molar-refractivity contribution >= 4 is 15.8 Å². The van der Waals surface area contributed by atoms with E-state index in [0.717, 1.165) is 6.26 Å². The highest BCUT2D eigenvalue weighted by molar-refractivity contribution is 7.90. The van der Waals surface area contributed by atoms with E-state index in [0.29, 0.717) is 16.8 Å². The van der Waals surface area contributed by atoms with E-state index in [-0.39, 0.29) is 16.5 Å². The minimum atomic E-state index is -3.35. The van der Waals surface area contributed by atoms with E-state index in [2.05, 4.69) is 4.98 Å². The SMILES string of the molecule is CS(=O)(=O)c1ccc(-c2oc(CC(=O)O)nc2-c2ccc(F)cc2)cc1. The van der Waals surface area contributed by atoms with E-state index in [1.165, 1.54) is 36.4 Å². The molecule has 0 amide bonds. The predicted molar refractivity (Wildman–Crippen MR) is 91.8 cm³/mol. The van der Waals surface area contributed by atoms with Crippen LogP contribution in [0.4, 0.5) is 4.39 Å². The van der Waals surface area contributed by atoms with Crippen LogP contribution in [0.3, 0.4) is 0 Å². The normalized spacial score (nSPS) is 11.5. The molecule has 0 saturated carbocycles. The summed E-state index contributed by atoms with van der Waals surface area (Å²) in [6.07, 6.45) is 0.695. The van der Waals surface area contributed by atoms with Crippen LogP contribution in [0.1, 0.15) is 5.89 Å². The molecule has 0 aliphatic carbocycles. The van der Waals surface area contributed by atoms with Crippen molar-refractivity contribution in [2.45, 2.75) is 11.3 Å². The van der Waals surface area contributed by atoms with Crippen molar-refractivity contribution in [1.29, 1.82) is 0 Å². The molecule has 1 heterocycles. The van der Waals surface area contributed by atoms with Crippen molar-refractivity contribution in [2.24, 2.45) is 0 Å². The molecule has 0 aliphatic heterocycles. The van der Waals surface area contributed by atoms with Crippen molar-refractivity contribution in [3.8, 4) is 22.6 Å². The average Bonchev–Trinajstić information content (AvgIpc) is 2.98. The van der Waals surface area contributed by atoms with Gasteiger partial charge in [0.1, 0.15) is 17.9 Å². The number of halogens is 1. The maximum absolute atomic E-state index is 13.2. The lowest BCUT2D eigenvalue weighted by atomic mass is 10.1. The smallest absolute Gasteiger partial charge is 0.312 e. The van der Waals surface area contributed by atoms with Gasteiger partial charge in [0.05, 0.1) is 4.90 Å². The van der Waals surface area contributed by atoms with Gasteiger partial charge in [-0.3, -0.25) is 4.79 Å². The highest BCUT2D eigenvalue weighted by Crippen LogP contribution is 2.33. The van der Waals surface area contributed by atoms with Crippen molar-refractivity contribution in [3.63, 3.8) is 0 Å². The molecule has 1 aromatic heterocycles. The Morgan fingerprint density at radius 2 is 1.65 bits per heavy atom. The summed E-state index contributed by atoms with van der Waals surface area (Å²) in [7, 11) is -3.35. The lowest BCUT2D eigenvalue weighted by molar-refractivity contribution is -0.136. The first kappa shape index (κ1) is 17.8. The number of aromatic nitrogens is 1. The molecule has 2 aromatic carbocycles. The van der Waals surface area contributed by atoms with E-state index < -0.39 is 28.0 Å². The molecular weight excluding hydrogens is 361 g/mol. The molecule has 134 valence electrons. The summed E-state index contributed by atoms with van der Waals surface area (Å²) < 4.78 is 41.9. The summed E-state index contributed by atoms with van der Waals surface area (Å²) in [4.78, 5) is 15.3. The monoisotopic (exact) mass is 375 g/mol. The molecule has 0 saturated heterocycles. The molecule has 0 fully saturated rings. The average molecular weight is 375 g/mol. The zero-order valence-corrected chi connectivity index (χ0v) is 14.5. The zero-order valence-electron chi connectivity index (χ0n) is 13.6. The van der Waals surface area contributed by atoms with E-state index in [4.69, 9.17) is 9.52 Å². The first-order valence-corrected chi connectivity index (χ1v) is 9.41. The lowest BCUT2D eigenvalue weighted by Crippen LogP contribution is -1.99. The molecule has 0 bridgehead atoms. The maximum atomic E-state index is 13.2. The topological polar surface area (TPSA) is 97.5 Å². The quantitative estimate of drug-likeness (QED) is 0.736. The molecule has 8 heteroatoms. The number of carbonyl (C=O) groups is 1. The van der Waals surface area contributed by atoms with Crippen LogP contribution in [0.5, 0.6) is 0 Å². The van der Waals surface area contributed by atoms with E-state index in [1.807, 2.05) is 0 Å². The second-order valence-electron chi connectivity index (χ2n) is 5.66. The molecule has 26 heavy (non-hydrogen) atoms. The Kier molecular flexibility index (Phi) is 4.60. The predicted octanol–water partition coefficient (Wildman–Crippen LogP) is 3.18. The van der Waals surface area contributed by atoms with Crippen molar-refractivity contribution in [3.05, 3.63) is 60.2 Å². The molecule has 6 nitrogen and oxygen atoms in total. The Morgan fingerprint density at radius 3 is 2.19 bits per heavy atom. The van der Waals surface area contributed by atoms with Gasteiger partial charge in [-0.25, -0.2) is 17.8 Å². The van der Waals surface area contributed by atoms with Gasteiger partial charge in [0, 0.05) is 17.4 Å². The summed E-state index contributed by atoms with van der Waals surface area (Å²) in [6.45, 7) is 0. The fourth-order valence-corrected chi connectivity index (χ4v) is 3.05. The minimum absolute atomic E-state index is 0.000912. The third-order valence-electron chi connectivity index (χ3n) is 3.64. The summed E-state index contributed by atoms with van der Waals surface area (Å²) >= 11 is 0. The van der Waals surface area contributed by atoms with Gasteiger partial charge in [-0.1, -0.05) is 0 Å². The summed E-state index contributed by atoms with van der Waals surface area (Å²) in [5.41, 5.74) is 1.43. The largest absolute Gasteiger partial charge is 0.481 e. The first-order valence-electron chi connectivity index (χ1n) is 7.52. The molecule has 3 rings (SSSR count). The van der Waals surface area contributed by atoms with Gasteiger partial charge in [-0.05, 0) is 48.5 Å². The minimum Gasteiger partial charge on any atom is -0.481 e. The van der Waals surface area contributed by atoms with E-state index in [1.54, 1.807) is 12.1 Å². The molecule has 0 aliphatic rings. The number of carboxylic acid groups (broad SMARTS) is 1. The Bertz CT molecular complexity index is 1050. The summed E-state index contributed by atoms with van der Waals surface area (Å²) in [5.74, 6) is -1.23. The van der Waals surface area contributed by atoms with Crippen LogP contribution < -0.4 is 0 Å². The van der Waals surface area contributed by atoms with Crippen LogP contribution in [0.15, 0.2) is 57.8 Å². The number of carboxylic acids is 1. The molecular formula is C18H14FNO5S. The number of oxazole rings is 1. The van der Waals surface area contributed by atoms with Gasteiger partial charge in [-0.2, -0.15) is 0 Å². The van der Waals surface area contributed by atoms with E-state index >= 15 is 0 Å². The second kappa shape index (κ2) is 6.72. The van der Waals surface area contributed by atoms with Gasteiger partial charge in [0.15, 0.2) is 15.6 Å². The van der Waals surface area contributed by atoms with Crippen LogP contribution >= 0.6 is 0 Å². The van der Waals surface area contributed by atoms with Gasteiger partial charge in [-0.15, -0.1) is 0 Å². The fourth-order valence-electron chi connectivity index (χ4n) is 2.42. The first-order chi connectivity index (χ1) is 12.2. The Hall–Kier alpha value is -3.00. The molecule has 3 aromatic rings. The zero-order chi connectivity index (χ0) is 18.9. The Balaban J connectivity index is 2.11. The van der Waals surface area contributed by atoms with Crippen LogP contribution in [-0.2, 0) is 21.1 Å². The van der Waals surface area contributed by atoms with Crippen LogP contribution in [0.2, 0.25) is 0 Å². The summed E-state index contributed by atoms with van der Waals surface area (Å²) in [5, 5.41) is 8.95. The maximum Gasteiger partial charge on any atom is 0.312 e. The standard InChI is InChI=1S/C18H14FNO5S/c1-26(23,24)14-8-4-12(5-9-14)18-17(11-2-6-13(19)7-3-11)20-15(25-18)10-16(21)22/h2-9H,10H2,1H3,(H,21,22). The molecule has 1 N–H and O–H groups in total. The fraction of sp³-hybridized carbons (Fsp3) is 0.111. The number of hydrogen-bond donors (Lipinski definition) is 1. The number of aliphatic carboxylic acids is 1. The third kappa shape index (κ3) is 3.80. The van der Waals surface area contributed by atoms with E-state index in [9.17, 15) is 17.6 Å². The Morgan fingerprint density at radius 1 is 1.08 bits per heavy atom. The van der Waals surface area contributed by atoms with Gasteiger partial charge >= 0.3 is 5.97 Å². The highest BCUT2D eigenvalue weighted by atomic mass is 32.2. The number of sulfone groups is 1. The number of rotatable bonds is 5. The van der Waals surface area contributed by atoms with Crippen molar-refractivity contribution < 1.29 is 27.1 Å². The van der Waals surface area contributed by atoms with Crippen molar-refractivity contribution in [2.75, 3.05) is 6.26 Å². The summed E-state index contributed by atoms with van der Waals surface area (Å²) in [6, 6.07) is 11.5. The van der Waals surface area contributed by atoms with Crippen molar-refractivity contribution in [1.82, 2.24) is 4.98 Å². The lowest BCUT2D eigenvalue weighted by Gasteiger charge is -2.03. The molecule has 0 atom stereocenters. The van der Waals surface area contributed by atoms with Crippen LogP contribution in [0, 0.1) is 5.82 Å². The second-order valence-corrected chi connectivity index (χ2v) is 7.68. The third-order valence-corrected chi connectivity index (χ3v) is 4.76. The number of benzene rings is 2. The van der Waals surface area contributed by atoms with Crippen LogP contribution in [0.25, 0.3) is 22.6 Å². The molecule has 0 unspecified atom stereocenters. The van der Waals surface area contributed by atoms with Crippen LogP contribution in [-0.4, -0.2) is 30.7 Å². The van der Waals surface area contributed by atoms with Gasteiger partial charge < -0.3 is 9.52 Å². The molecule has 0 spiro atoms.